The molecule has 0 aliphatic carbocycles. The van der Waals surface area contributed by atoms with E-state index >= 15 is 0 Å². The maximum atomic E-state index is 4.88. The first kappa shape index (κ1) is 33.6. The molecule has 1 aromatic heterocycles. The number of nitrogens with one attached hydrogen (secondary N) is 1. The third-order valence-electron chi connectivity index (χ3n) is 9.73. The first-order valence-corrected chi connectivity index (χ1v) is 18.3. The number of hydrogen-bond acceptors (Lipinski definition) is 4. The van der Waals surface area contributed by atoms with E-state index in [4.69, 9.17) is 6.58 Å². The van der Waals surface area contributed by atoms with E-state index in [1.165, 1.54) is 20.2 Å². The van der Waals surface area contributed by atoms with Crippen LogP contribution < -0.4 is 15.1 Å². The van der Waals surface area contributed by atoms with Gasteiger partial charge in [0.2, 0.25) is 0 Å². The highest BCUT2D eigenvalue weighted by Crippen LogP contribution is 2.42. The van der Waals surface area contributed by atoms with Crippen molar-refractivity contribution in [2.45, 2.75) is 25.9 Å². The minimum Gasteiger partial charge on any atom is -0.376 e. The Bertz CT molecular complexity index is 2290. The van der Waals surface area contributed by atoms with Crippen molar-refractivity contribution in [1.29, 1.82) is 0 Å². The third kappa shape index (κ3) is 6.71. The summed E-state index contributed by atoms with van der Waals surface area (Å²) < 4.78 is 2.53. The second-order valence-electron chi connectivity index (χ2n) is 12.9. The molecule has 51 heavy (non-hydrogen) atoms. The zero-order valence-corrected chi connectivity index (χ0v) is 30.1. The molecule has 4 heteroatoms. The van der Waals surface area contributed by atoms with E-state index in [1.807, 2.05) is 23.5 Å². The smallest absolute Gasteiger partial charge is 0.0745 e. The Morgan fingerprint density at radius 1 is 0.804 bits per heavy atom. The highest BCUT2D eigenvalue weighted by Gasteiger charge is 2.36. The van der Waals surface area contributed by atoms with Crippen molar-refractivity contribution in [1.82, 2.24) is 0 Å². The molecule has 0 amide bonds. The SMILES string of the molecule is C=C/C=C(\C)c1ccccc1N(c1ccccc1)C(C)C1/C=C\C=C/C(=C)N(c2ccccc2)C(=C)C1Nc1cccc2sc3ccccc3c12. The lowest BCUT2D eigenvalue weighted by atomic mass is 9.86. The van der Waals surface area contributed by atoms with Gasteiger partial charge in [0.05, 0.1) is 6.04 Å². The standard InChI is InChI=1S/C47H43N3S/c1-6-20-33(2)39-26-15-17-30-43(39)50(38-24-11-8-12-25-38)35(4)40-27-14-13-21-34(3)49(37-22-9-7-10-23-37)36(5)47(40)48-42-29-19-32-45-46(42)41-28-16-18-31-44(41)51-45/h6-32,35,40,47-48H,1,3,5H2,2,4H3/b21-13-,27-14-,33-20+. The van der Waals surface area contributed by atoms with Crippen LogP contribution in [0.5, 0.6) is 0 Å². The molecule has 1 aliphatic rings. The molecular weight excluding hydrogens is 639 g/mol. The number of hydrogen-bond donors (Lipinski definition) is 1. The maximum Gasteiger partial charge on any atom is 0.0745 e. The number of para-hydroxylation sites is 3. The van der Waals surface area contributed by atoms with Crippen molar-refractivity contribution in [2.75, 3.05) is 15.1 Å². The molecule has 252 valence electrons. The number of allylic oxidation sites excluding steroid dienone is 6. The Kier molecular flexibility index (Phi) is 9.87. The zero-order valence-electron chi connectivity index (χ0n) is 29.2. The lowest BCUT2D eigenvalue weighted by Gasteiger charge is -2.42. The molecule has 6 aromatic rings. The highest BCUT2D eigenvalue weighted by molar-refractivity contribution is 7.25. The van der Waals surface area contributed by atoms with Crippen LogP contribution in [0.4, 0.5) is 22.7 Å². The molecule has 1 N–H and O–H groups in total. The molecule has 5 aromatic carbocycles. The van der Waals surface area contributed by atoms with E-state index in [2.05, 4.69) is 194 Å². The van der Waals surface area contributed by atoms with Crippen molar-refractivity contribution in [3.05, 3.63) is 201 Å². The largest absolute Gasteiger partial charge is 0.376 e. The first-order chi connectivity index (χ1) is 25.0. The van der Waals surface area contributed by atoms with Gasteiger partial charge in [-0.3, -0.25) is 0 Å². The van der Waals surface area contributed by atoms with Crippen LogP contribution in [0.25, 0.3) is 25.7 Å². The number of fused-ring (bicyclic) bond motifs is 3. The maximum absolute atomic E-state index is 4.88. The van der Waals surface area contributed by atoms with Gasteiger partial charge in [0.15, 0.2) is 0 Å². The molecular formula is C47H43N3S. The summed E-state index contributed by atoms with van der Waals surface area (Å²) in [7, 11) is 0. The molecule has 0 saturated heterocycles. The fourth-order valence-electron chi connectivity index (χ4n) is 7.32. The van der Waals surface area contributed by atoms with Gasteiger partial charge in [-0.2, -0.15) is 0 Å². The molecule has 0 spiro atoms. The summed E-state index contributed by atoms with van der Waals surface area (Å²) in [5.74, 6) is -0.0589. The van der Waals surface area contributed by atoms with E-state index in [9.17, 15) is 0 Å². The van der Waals surface area contributed by atoms with Gasteiger partial charge in [0.25, 0.3) is 0 Å². The second kappa shape index (κ2) is 15.0. The first-order valence-electron chi connectivity index (χ1n) is 17.4. The van der Waals surface area contributed by atoms with Crippen molar-refractivity contribution in [3.8, 4) is 0 Å². The van der Waals surface area contributed by atoms with Crippen molar-refractivity contribution in [2.24, 2.45) is 5.92 Å². The minimum absolute atomic E-state index is 0.0357. The van der Waals surface area contributed by atoms with E-state index in [-0.39, 0.29) is 18.0 Å². The predicted octanol–water partition coefficient (Wildman–Crippen LogP) is 12.9. The van der Waals surface area contributed by atoms with Gasteiger partial charge >= 0.3 is 0 Å². The van der Waals surface area contributed by atoms with Gasteiger partial charge < -0.3 is 15.1 Å². The average Bonchev–Trinajstić information content (AvgIpc) is 3.56. The van der Waals surface area contributed by atoms with Gasteiger partial charge in [-0.05, 0) is 74.0 Å². The topological polar surface area (TPSA) is 18.5 Å². The Morgan fingerprint density at radius 3 is 2.27 bits per heavy atom. The predicted molar refractivity (Wildman–Crippen MR) is 224 cm³/mol. The average molecular weight is 682 g/mol. The van der Waals surface area contributed by atoms with Gasteiger partial charge in [-0.15, -0.1) is 11.3 Å². The number of nitrogens with zero attached hydrogens (tertiary/aromatic N) is 2. The monoisotopic (exact) mass is 681 g/mol. The molecule has 3 nitrogen and oxygen atoms in total. The normalized spacial score (nSPS) is 18.5. The second-order valence-corrected chi connectivity index (χ2v) is 14.0. The summed E-state index contributed by atoms with van der Waals surface area (Å²) in [6, 6.07) is 44.8. The van der Waals surface area contributed by atoms with Crippen LogP contribution in [0.2, 0.25) is 0 Å². The van der Waals surface area contributed by atoms with Crippen LogP contribution >= 0.6 is 11.3 Å². The summed E-state index contributed by atoms with van der Waals surface area (Å²) in [5, 5.41) is 6.60. The van der Waals surface area contributed by atoms with E-state index in [0.717, 1.165) is 45.3 Å². The Morgan fingerprint density at radius 2 is 1.49 bits per heavy atom. The Hall–Kier alpha value is -5.84. The highest BCUT2D eigenvalue weighted by atomic mass is 32.1. The van der Waals surface area contributed by atoms with Crippen molar-refractivity contribution in [3.63, 3.8) is 0 Å². The van der Waals surface area contributed by atoms with E-state index in [1.54, 1.807) is 0 Å². The Labute approximate surface area is 306 Å². The van der Waals surface area contributed by atoms with E-state index in [0.29, 0.717) is 0 Å². The third-order valence-corrected chi connectivity index (χ3v) is 10.9. The molecule has 0 fully saturated rings. The molecule has 0 saturated carbocycles. The van der Waals surface area contributed by atoms with Crippen LogP contribution in [0.15, 0.2) is 195 Å². The fraction of sp³-hybridized carbons (Fsp3) is 0.106. The van der Waals surface area contributed by atoms with E-state index < -0.39 is 0 Å². The Balaban J connectivity index is 1.43. The summed E-state index contributed by atoms with van der Waals surface area (Å²) in [6.07, 6.45) is 12.6. The van der Waals surface area contributed by atoms with Crippen LogP contribution in [0, 0.1) is 5.92 Å². The molecule has 2 heterocycles. The van der Waals surface area contributed by atoms with Gasteiger partial charge in [-0.25, -0.2) is 0 Å². The van der Waals surface area contributed by atoms with Crippen molar-refractivity contribution >= 4 is 59.8 Å². The van der Waals surface area contributed by atoms with Crippen LogP contribution in [0.3, 0.4) is 0 Å². The van der Waals surface area contributed by atoms with Gasteiger partial charge in [0, 0.05) is 71.8 Å². The van der Waals surface area contributed by atoms with Crippen LogP contribution in [-0.4, -0.2) is 12.1 Å². The molecule has 3 atom stereocenters. The number of rotatable bonds is 9. The van der Waals surface area contributed by atoms with Crippen LogP contribution in [-0.2, 0) is 0 Å². The minimum atomic E-state index is -0.236. The molecule has 3 unspecified atom stereocenters. The lowest BCUT2D eigenvalue weighted by molar-refractivity contribution is 0.483. The van der Waals surface area contributed by atoms with Gasteiger partial charge in [-0.1, -0.05) is 129 Å². The quantitative estimate of drug-likeness (QED) is 0.153. The zero-order chi connectivity index (χ0) is 35.3. The van der Waals surface area contributed by atoms with Gasteiger partial charge in [0.1, 0.15) is 0 Å². The van der Waals surface area contributed by atoms with Crippen LogP contribution in [0.1, 0.15) is 19.4 Å². The number of benzene rings is 5. The summed E-state index contributed by atoms with van der Waals surface area (Å²) in [6.45, 7) is 17.9. The number of anilines is 4. The van der Waals surface area contributed by atoms with Crippen molar-refractivity contribution < 1.29 is 0 Å². The molecule has 0 bridgehead atoms. The molecule has 1 aliphatic heterocycles. The molecule has 0 radical (unpaired) electrons. The summed E-state index contributed by atoms with van der Waals surface area (Å²) in [5.41, 5.74) is 8.45. The lowest BCUT2D eigenvalue weighted by Crippen LogP contribution is -2.46. The molecule has 7 rings (SSSR count). The number of thiophene rings is 1. The fourth-order valence-corrected chi connectivity index (χ4v) is 8.45. The summed E-state index contributed by atoms with van der Waals surface area (Å²) in [4.78, 5) is 4.68. The summed E-state index contributed by atoms with van der Waals surface area (Å²) >= 11 is 1.83.